The van der Waals surface area contributed by atoms with Crippen molar-refractivity contribution in [2.24, 2.45) is 0 Å². The van der Waals surface area contributed by atoms with Crippen LogP contribution in [0.25, 0.3) is 21.1 Å². The first-order chi connectivity index (χ1) is 10.8. The lowest BCUT2D eigenvalue weighted by atomic mass is 10.2. The van der Waals surface area contributed by atoms with Gasteiger partial charge in [-0.3, -0.25) is 4.79 Å². The van der Waals surface area contributed by atoms with Crippen LogP contribution in [0.1, 0.15) is 23.3 Å². The Morgan fingerprint density at radius 1 is 1.14 bits per heavy atom. The number of nitrogens with zero attached hydrogens (tertiary/aromatic N) is 1. The lowest BCUT2D eigenvalue weighted by Gasteiger charge is -1.96. The van der Waals surface area contributed by atoms with Gasteiger partial charge in [-0.1, -0.05) is 35.5 Å². The van der Waals surface area contributed by atoms with Gasteiger partial charge >= 0.3 is 0 Å². The molecular weight excluding hydrogens is 296 g/mol. The zero-order valence-corrected chi connectivity index (χ0v) is 12.6. The Bertz CT molecular complexity index is 803. The fraction of sp³-hybridized carbons (Fsp3) is 0.176. The second kappa shape index (κ2) is 5.42. The molecule has 3 aromatic rings. The van der Waals surface area contributed by atoms with Gasteiger partial charge in [0.05, 0.1) is 4.88 Å². The third-order valence-electron chi connectivity index (χ3n) is 3.56. The van der Waals surface area contributed by atoms with Crippen molar-refractivity contribution in [1.29, 1.82) is 0 Å². The van der Waals surface area contributed by atoms with Crippen molar-refractivity contribution in [2.75, 3.05) is 0 Å². The molecule has 2 aromatic heterocycles. The molecule has 110 valence electrons. The van der Waals surface area contributed by atoms with Crippen molar-refractivity contribution in [2.45, 2.75) is 18.9 Å². The molecule has 0 spiro atoms. The molecule has 5 heteroatoms. The topological polar surface area (TPSA) is 55.1 Å². The summed E-state index contributed by atoms with van der Waals surface area (Å²) in [6.07, 6.45) is 2.11. The van der Waals surface area contributed by atoms with E-state index in [1.165, 1.54) is 5.56 Å². The summed E-state index contributed by atoms with van der Waals surface area (Å²) in [6, 6.07) is 16.3. The second-order valence-electron chi connectivity index (χ2n) is 5.35. The molecule has 0 aliphatic heterocycles. The highest BCUT2D eigenvalue weighted by Gasteiger charge is 2.25. The lowest BCUT2D eigenvalue weighted by Crippen LogP contribution is -2.25. The maximum atomic E-state index is 11.9. The fourth-order valence-corrected chi connectivity index (χ4v) is 3.17. The van der Waals surface area contributed by atoms with E-state index in [4.69, 9.17) is 4.52 Å². The molecule has 22 heavy (non-hydrogen) atoms. The van der Waals surface area contributed by atoms with Crippen molar-refractivity contribution < 1.29 is 9.32 Å². The van der Waals surface area contributed by atoms with Crippen LogP contribution in [0.4, 0.5) is 0 Å². The predicted octanol–water partition coefficient (Wildman–Crippen LogP) is 3.96. The predicted molar refractivity (Wildman–Crippen MR) is 85.7 cm³/mol. The Labute approximate surface area is 131 Å². The SMILES string of the molecule is O=C(NC1CC1)c1cc(-c2ccc(-c3ccccc3)s2)on1. The quantitative estimate of drug-likeness (QED) is 0.793. The highest BCUT2D eigenvalue weighted by molar-refractivity contribution is 7.18. The molecular formula is C17H14N2O2S. The van der Waals surface area contributed by atoms with Gasteiger partial charge in [-0.05, 0) is 30.5 Å². The smallest absolute Gasteiger partial charge is 0.273 e. The second-order valence-corrected chi connectivity index (χ2v) is 6.44. The molecule has 4 rings (SSSR count). The van der Waals surface area contributed by atoms with Crippen LogP contribution in [-0.2, 0) is 0 Å². The van der Waals surface area contributed by atoms with E-state index in [9.17, 15) is 4.79 Å². The molecule has 1 saturated carbocycles. The minimum absolute atomic E-state index is 0.155. The molecule has 0 saturated heterocycles. The molecule has 4 nitrogen and oxygen atoms in total. The van der Waals surface area contributed by atoms with Gasteiger partial charge in [-0.25, -0.2) is 0 Å². The zero-order valence-electron chi connectivity index (χ0n) is 11.8. The zero-order chi connectivity index (χ0) is 14.9. The van der Waals surface area contributed by atoms with E-state index in [1.54, 1.807) is 17.4 Å². The van der Waals surface area contributed by atoms with Crippen LogP contribution in [0.2, 0.25) is 0 Å². The first-order valence-corrected chi connectivity index (χ1v) is 8.04. The van der Waals surface area contributed by atoms with Crippen LogP contribution in [0.5, 0.6) is 0 Å². The van der Waals surface area contributed by atoms with Crippen molar-refractivity contribution in [3.63, 3.8) is 0 Å². The summed E-state index contributed by atoms with van der Waals surface area (Å²) in [5, 5.41) is 6.78. The normalized spacial score (nSPS) is 14.0. The summed E-state index contributed by atoms with van der Waals surface area (Å²) < 4.78 is 5.32. The summed E-state index contributed by atoms with van der Waals surface area (Å²) in [4.78, 5) is 14.1. The van der Waals surface area contributed by atoms with Gasteiger partial charge in [0, 0.05) is 17.0 Å². The first-order valence-electron chi connectivity index (χ1n) is 7.23. The summed E-state index contributed by atoms with van der Waals surface area (Å²) in [7, 11) is 0. The molecule has 1 fully saturated rings. The van der Waals surface area contributed by atoms with Crippen molar-refractivity contribution in [1.82, 2.24) is 10.5 Å². The largest absolute Gasteiger partial charge is 0.355 e. The standard InChI is InChI=1S/C17H14N2O2S/c20-17(18-12-6-7-12)13-10-14(21-19-13)16-9-8-15(22-16)11-4-2-1-3-5-11/h1-5,8-10,12H,6-7H2,(H,18,20). The maximum absolute atomic E-state index is 11.9. The van der Waals surface area contributed by atoms with Crippen LogP contribution in [0.15, 0.2) is 53.1 Å². The van der Waals surface area contributed by atoms with Gasteiger partial charge in [0.25, 0.3) is 5.91 Å². The van der Waals surface area contributed by atoms with E-state index in [-0.39, 0.29) is 5.91 Å². The number of benzene rings is 1. The lowest BCUT2D eigenvalue weighted by molar-refractivity contribution is 0.0942. The average molecular weight is 310 g/mol. The van der Waals surface area contributed by atoms with Gasteiger partial charge < -0.3 is 9.84 Å². The van der Waals surface area contributed by atoms with Crippen LogP contribution in [-0.4, -0.2) is 17.1 Å². The van der Waals surface area contributed by atoms with E-state index < -0.39 is 0 Å². The van der Waals surface area contributed by atoms with Crippen LogP contribution in [0.3, 0.4) is 0 Å². The number of amides is 1. The summed E-state index contributed by atoms with van der Waals surface area (Å²) in [5.74, 6) is 0.477. The summed E-state index contributed by atoms with van der Waals surface area (Å²) in [6.45, 7) is 0. The van der Waals surface area contributed by atoms with E-state index in [1.807, 2.05) is 24.3 Å². The Balaban J connectivity index is 1.56. The highest BCUT2D eigenvalue weighted by atomic mass is 32.1. The maximum Gasteiger partial charge on any atom is 0.273 e. The Hall–Kier alpha value is -2.40. The Morgan fingerprint density at radius 3 is 2.68 bits per heavy atom. The molecule has 1 aliphatic rings. The molecule has 0 unspecified atom stereocenters. The summed E-state index contributed by atoms with van der Waals surface area (Å²) >= 11 is 1.62. The molecule has 2 heterocycles. The molecule has 1 N–H and O–H groups in total. The number of aromatic nitrogens is 1. The van der Waals surface area contributed by atoms with Crippen LogP contribution < -0.4 is 5.32 Å². The molecule has 0 bridgehead atoms. The van der Waals surface area contributed by atoms with Gasteiger partial charge in [-0.15, -0.1) is 11.3 Å². The number of carbonyl (C=O) groups excluding carboxylic acids is 1. The number of hydrogen-bond donors (Lipinski definition) is 1. The fourth-order valence-electron chi connectivity index (χ4n) is 2.21. The molecule has 1 aliphatic carbocycles. The van der Waals surface area contributed by atoms with Crippen LogP contribution in [0, 0.1) is 0 Å². The van der Waals surface area contributed by atoms with E-state index in [0.717, 1.165) is 22.6 Å². The number of rotatable bonds is 4. The van der Waals surface area contributed by atoms with Gasteiger partial charge in [0.2, 0.25) is 0 Å². The van der Waals surface area contributed by atoms with Crippen molar-refractivity contribution in [3.8, 4) is 21.1 Å². The van der Waals surface area contributed by atoms with E-state index in [0.29, 0.717) is 17.5 Å². The number of nitrogens with one attached hydrogen (secondary N) is 1. The monoisotopic (exact) mass is 310 g/mol. The Kier molecular flexibility index (Phi) is 3.27. The van der Waals surface area contributed by atoms with Crippen molar-refractivity contribution >= 4 is 17.2 Å². The average Bonchev–Trinajstić information content (AvgIpc) is 3.07. The minimum atomic E-state index is -0.155. The van der Waals surface area contributed by atoms with Gasteiger partial charge in [0.15, 0.2) is 11.5 Å². The van der Waals surface area contributed by atoms with Gasteiger partial charge in [-0.2, -0.15) is 0 Å². The van der Waals surface area contributed by atoms with Crippen LogP contribution >= 0.6 is 11.3 Å². The number of carbonyl (C=O) groups is 1. The third kappa shape index (κ3) is 2.67. The van der Waals surface area contributed by atoms with E-state index in [2.05, 4.69) is 28.7 Å². The third-order valence-corrected chi connectivity index (χ3v) is 4.71. The number of thiophene rings is 1. The van der Waals surface area contributed by atoms with E-state index >= 15 is 0 Å². The molecule has 1 aromatic carbocycles. The highest BCUT2D eigenvalue weighted by Crippen LogP contribution is 2.34. The molecule has 1 amide bonds. The number of hydrogen-bond acceptors (Lipinski definition) is 4. The summed E-state index contributed by atoms with van der Waals surface area (Å²) in [5.41, 5.74) is 1.52. The van der Waals surface area contributed by atoms with Gasteiger partial charge in [0.1, 0.15) is 0 Å². The Morgan fingerprint density at radius 2 is 1.91 bits per heavy atom. The molecule has 0 atom stereocenters. The van der Waals surface area contributed by atoms with Crippen molar-refractivity contribution in [3.05, 3.63) is 54.2 Å². The molecule has 0 radical (unpaired) electrons. The first kappa shape index (κ1) is 13.3. The minimum Gasteiger partial charge on any atom is -0.355 e.